The lowest BCUT2D eigenvalue weighted by Gasteiger charge is -2.06. The van der Waals surface area contributed by atoms with E-state index in [0.29, 0.717) is 25.1 Å². The number of nitrogens with one attached hydrogen (secondary N) is 3. The van der Waals surface area contributed by atoms with E-state index in [1.807, 2.05) is 12.3 Å². The molecule has 1 aromatic heterocycles. The standard InChI is InChI=1S/C12H19N3O2S.ClH/c1-2-13-6-7-14-11(16)3-5-15-12(17)10-4-8-18-9-10;/h4,8-9,13H,2-3,5-7H2,1H3,(H,14,16)(H,15,17);1H. The van der Waals surface area contributed by atoms with E-state index in [0.717, 1.165) is 13.1 Å². The molecule has 3 N–H and O–H groups in total. The molecule has 1 aromatic rings. The molecule has 0 saturated carbocycles. The number of halogens is 1. The lowest BCUT2D eigenvalue weighted by molar-refractivity contribution is -0.120. The van der Waals surface area contributed by atoms with E-state index in [4.69, 9.17) is 0 Å². The molecule has 0 unspecified atom stereocenters. The van der Waals surface area contributed by atoms with Crippen molar-refractivity contribution < 1.29 is 9.59 Å². The predicted molar refractivity (Wildman–Crippen MR) is 80.1 cm³/mol. The molecule has 5 nitrogen and oxygen atoms in total. The van der Waals surface area contributed by atoms with Gasteiger partial charge in [-0.05, 0) is 18.0 Å². The number of amides is 2. The third kappa shape index (κ3) is 7.81. The lowest BCUT2D eigenvalue weighted by Crippen LogP contribution is -2.34. The molecule has 0 radical (unpaired) electrons. The molecule has 7 heteroatoms. The number of thiophene rings is 1. The van der Waals surface area contributed by atoms with Gasteiger partial charge >= 0.3 is 0 Å². The molecule has 0 fully saturated rings. The first-order valence-corrected chi connectivity index (χ1v) is 6.96. The van der Waals surface area contributed by atoms with Crippen molar-refractivity contribution in [3.8, 4) is 0 Å². The molecule has 0 bridgehead atoms. The number of likely N-dealkylation sites (N-methyl/N-ethyl adjacent to an activating group) is 1. The van der Waals surface area contributed by atoms with Crippen LogP contribution in [0.1, 0.15) is 23.7 Å². The van der Waals surface area contributed by atoms with Crippen LogP contribution >= 0.6 is 23.7 Å². The fourth-order valence-electron chi connectivity index (χ4n) is 1.34. The van der Waals surface area contributed by atoms with Gasteiger partial charge in [-0.2, -0.15) is 11.3 Å². The maximum atomic E-state index is 11.5. The molecule has 0 spiro atoms. The summed E-state index contributed by atoms with van der Waals surface area (Å²) in [6, 6.07) is 1.76. The molecule has 0 saturated heterocycles. The van der Waals surface area contributed by atoms with Crippen molar-refractivity contribution in [1.82, 2.24) is 16.0 Å². The van der Waals surface area contributed by atoms with Crippen molar-refractivity contribution in [2.45, 2.75) is 13.3 Å². The largest absolute Gasteiger partial charge is 0.355 e. The van der Waals surface area contributed by atoms with Crippen LogP contribution in [-0.4, -0.2) is 38.0 Å². The third-order valence-corrected chi connectivity index (χ3v) is 2.98. The molecule has 19 heavy (non-hydrogen) atoms. The molecule has 0 aliphatic heterocycles. The molecule has 1 rings (SSSR count). The Morgan fingerprint density at radius 1 is 1.21 bits per heavy atom. The van der Waals surface area contributed by atoms with E-state index in [2.05, 4.69) is 16.0 Å². The molecule has 108 valence electrons. The first-order valence-electron chi connectivity index (χ1n) is 6.02. The normalized spacial score (nSPS) is 9.53. The maximum absolute atomic E-state index is 11.5. The van der Waals surface area contributed by atoms with Crippen molar-refractivity contribution in [1.29, 1.82) is 0 Å². The first-order chi connectivity index (χ1) is 8.74. The number of hydrogen-bond acceptors (Lipinski definition) is 4. The summed E-state index contributed by atoms with van der Waals surface area (Å²) < 4.78 is 0. The van der Waals surface area contributed by atoms with E-state index in [1.165, 1.54) is 11.3 Å². The van der Waals surface area contributed by atoms with Crippen LogP contribution < -0.4 is 16.0 Å². The Labute approximate surface area is 123 Å². The molecule has 2 amide bonds. The molecular formula is C12H20ClN3O2S. The van der Waals surface area contributed by atoms with E-state index in [9.17, 15) is 9.59 Å². The van der Waals surface area contributed by atoms with Gasteiger partial charge in [0.15, 0.2) is 0 Å². The summed E-state index contributed by atoms with van der Waals surface area (Å²) in [5, 5.41) is 12.2. The minimum absolute atomic E-state index is 0. The Balaban J connectivity index is 0.00000324. The molecule has 0 aliphatic rings. The summed E-state index contributed by atoms with van der Waals surface area (Å²) in [5.41, 5.74) is 0.646. The van der Waals surface area contributed by atoms with Crippen molar-refractivity contribution in [3.05, 3.63) is 22.4 Å². The van der Waals surface area contributed by atoms with Gasteiger partial charge in [0.1, 0.15) is 0 Å². The van der Waals surface area contributed by atoms with E-state index >= 15 is 0 Å². The smallest absolute Gasteiger partial charge is 0.252 e. The highest BCUT2D eigenvalue weighted by molar-refractivity contribution is 7.08. The van der Waals surface area contributed by atoms with Crippen LogP contribution in [-0.2, 0) is 4.79 Å². The predicted octanol–water partition coefficient (Wildman–Crippen LogP) is 1.02. The van der Waals surface area contributed by atoms with Gasteiger partial charge in [-0.3, -0.25) is 9.59 Å². The summed E-state index contributed by atoms with van der Waals surface area (Å²) >= 11 is 1.48. The Kier molecular flexibility index (Phi) is 10.1. The number of carbonyl (C=O) groups is 2. The van der Waals surface area contributed by atoms with Crippen LogP contribution in [0.4, 0.5) is 0 Å². The van der Waals surface area contributed by atoms with E-state index < -0.39 is 0 Å². The minimum atomic E-state index is -0.128. The molecule has 1 heterocycles. The van der Waals surface area contributed by atoms with Gasteiger partial charge in [0, 0.05) is 37.0 Å². The van der Waals surface area contributed by atoms with E-state index in [1.54, 1.807) is 11.4 Å². The summed E-state index contributed by atoms with van der Waals surface area (Å²) in [4.78, 5) is 22.9. The Morgan fingerprint density at radius 3 is 2.63 bits per heavy atom. The van der Waals surface area contributed by atoms with Gasteiger partial charge in [-0.15, -0.1) is 12.4 Å². The number of carbonyl (C=O) groups excluding carboxylic acids is 2. The zero-order chi connectivity index (χ0) is 13.2. The third-order valence-electron chi connectivity index (χ3n) is 2.29. The average molecular weight is 306 g/mol. The quantitative estimate of drug-likeness (QED) is 0.628. The average Bonchev–Trinajstić information content (AvgIpc) is 2.88. The molecular weight excluding hydrogens is 286 g/mol. The lowest BCUT2D eigenvalue weighted by atomic mass is 10.3. The van der Waals surface area contributed by atoms with E-state index in [-0.39, 0.29) is 24.2 Å². The monoisotopic (exact) mass is 305 g/mol. The summed E-state index contributed by atoms with van der Waals surface area (Å²) in [6.45, 7) is 4.66. The number of rotatable bonds is 8. The highest BCUT2D eigenvalue weighted by Gasteiger charge is 2.06. The fourth-order valence-corrected chi connectivity index (χ4v) is 1.98. The van der Waals surface area contributed by atoms with Crippen LogP contribution in [0.2, 0.25) is 0 Å². The molecule has 0 atom stereocenters. The van der Waals surface area contributed by atoms with Gasteiger partial charge < -0.3 is 16.0 Å². The zero-order valence-corrected chi connectivity index (χ0v) is 12.5. The maximum Gasteiger partial charge on any atom is 0.252 e. The van der Waals surface area contributed by atoms with Gasteiger partial charge in [0.25, 0.3) is 5.91 Å². The second-order valence-electron chi connectivity index (χ2n) is 3.72. The highest BCUT2D eigenvalue weighted by atomic mass is 35.5. The van der Waals surface area contributed by atoms with Gasteiger partial charge in [0.05, 0.1) is 0 Å². The number of hydrogen-bond donors (Lipinski definition) is 3. The molecule has 0 aliphatic carbocycles. The van der Waals surface area contributed by atoms with Crippen LogP contribution in [0.5, 0.6) is 0 Å². The fraction of sp³-hybridized carbons (Fsp3) is 0.500. The van der Waals surface area contributed by atoms with Crippen LogP contribution in [0.25, 0.3) is 0 Å². The van der Waals surface area contributed by atoms with Gasteiger partial charge in [-0.1, -0.05) is 6.92 Å². The topological polar surface area (TPSA) is 70.2 Å². The Hall–Kier alpha value is -1.11. The van der Waals surface area contributed by atoms with Crippen LogP contribution in [0.15, 0.2) is 16.8 Å². The Morgan fingerprint density at radius 2 is 2.00 bits per heavy atom. The van der Waals surface area contributed by atoms with Crippen LogP contribution in [0, 0.1) is 0 Å². The zero-order valence-electron chi connectivity index (χ0n) is 10.9. The summed E-state index contributed by atoms with van der Waals surface area (Å²) in [7, 11) is 0. The van der Waals surface area contributed by atoms with Crippen molar-refractivity contribution >= 4 is 35.6 Å². The summed E-state index contributed by atoms with van der Waals surface area (Å²) in [6.07, 6.45) is 0.308. The Bertz CT molecular complexity index is 371. The van der Waals surface area contributed by atoms with Gasteiger partial charge in [0.2, 0.25) is 5.91 Å². The van der Waals surface area contributed by atoms with Crippen LogP contribution in [0.3, 0.4) is 0 Å². The minimum Gasteiger partial charge on any atom is -0.355 e. The van der Waals surface area contributed by atoms with Crippen molar-refractivity contribution in [2.24, 2.45) is 0 Å². The van der Waals surface area contributed by atoms with Crippen molar-refractivity contribution in [3.63, 3.8) is 0 Å². The van der Waals surface area contributed by atoms with Gasteiger partial charge in [-0.25, -0.2) is 0 Å². The van der Waals surface area contributed by atoms with Crippen molar-refractivity contribution in [2.75, 3.05) is 26.2 Å². The SMILES string of the molecule is CCNCCNC(=O)CCNC(=O)c1ccsc1.Cl. The second kappa shape index (κ2) is 10.8. The highest BCUT2D eigenvalue weighted by Crippen LogP contribution is 2.04. The first kappa shape index (κ1) is 17.9. The summed E-state index contributed by atoms with van der Waals surface area (Å²) in [5.74, 6) is -0.171. The molecule has 0 aromatic carbocycles. The second-order valence-corrected chi connectivity index (χ2v) is 4.50.